The molecule has 0 atom stereocenters. The molecular weight excluding hydrogens is 989 g/mol. The highest BCUT2D eigenvalue weighted by Gasteiger charge is 2.27. The number of hydrogen-bond donors (Lipinski definition) is 0. The number of nitrogens with zero attached hydrogens (tertiary/aromatic N) is 2. The molecule has 16 rings (SSSR count). The van der Waals surface area contributed by atoms with Crippen molar-refractivity contribution in [2.24, 2.45) is 0 Å². The lowest BCUT2D eigenvalue weighted by Crippen LogP contribution is -2.11. The van der Waals surface area contributed by atoms with Crippen molar-refractivity contribution >= 4 is 111 Å². The second-order valence-electron chi connectivity index (χ2n) is 22.7. The van der Waals surface area contributed by atoms with Crippen LogP contribution >= 0.6 is 0 Å². The summed E-state index contributed by atoms with van der Waals surface area (Å²) >= 11 is 0. The topological polar surface area (TPSA) is 45.9 Å². The summed E-state index contributed by atoms with van der Waals surface area (Å²) in [6.45, 7) is 0. The molecule has 0 unspecified atom stereocenters. The lowest BCUT2D eigenvalue weighted by Gasteiger charge is -2.28. The van der Waals surface area contributed by atoms with Crippen LogP contribution in [0.3, 0.4) is 0 Å². The summed E-state index contributed by atoms with van der Waals surface area (Å²) in [5, 5.41) is 8.75. The van der Waals surface area contributed by atoms with E-state index < -0.39 is 0 Å². The molecule has 392 valence electrons. The molecule has 0 saturated heterocycles. The van der Waals surface area contributed by atoms with Crippen LogP contribution in [0.5, 0.6) is 0 Å². The van der Waals surface area contributed by atoms with Gasteiger partial charge in [0.05, 0.1) is 22.7 Å². The van der Waals surface area contributed by atoms with Gasteiger partial charge in [0.15, 0.2) is 11.2 Å². The Hall–Kier alpha value is -9.32. The largest absolute Gasteiger partial charge is 0.456 e. The molecule has 0 bridgehead atoms. The monoisotopic (exact) mass is 1050 g/mol. The Balaban J connectivity index is 0.886. The van der Waals surface area contributed by atoms with E-state index in [0.717, 1.165) is 133 Å². The van der Waals surface area contributed by atoms with Gasteiger partial charge < -0.3 is 23.1 Å². The standard InChI is InChI=1S/C76H60N2O3/c1-5-19-49(20-6-1)51-37-41-55(42-38-51)77(67-35-17-33-64-62-31-15-29-58(73(62)80-75(64)67)53-23-9-3-10-24-53)57-45-46-66-70(47-57)79-71-48-69(60-27-13-14-28-61(60)72(66)71)78(56-43-39-52(40-44-56)50-21-7-2-8-22-50)68-36-18-34-65-63-32-16-30-59(74(63)81-76(65)68)54-25-11-4-12-26-54/h3-4,9-18,23-50H,1-2,5-8,19-22H2. The Labute approximate surface area is 471 Å². The maximum absolute atomic E-state index is 7.28. The first-order valence-electron chi connectivity index (χ1n) is 29.4. The van der Waals surface area contributed by atoms with Crippen LogP contribution in [0.4, 0.5) is 34.1 Å². The van der Waals surface area contributed by atoms with Gasteiger partial charge >= 0.3 is 0 Å². The summed E-state index contributed by atoms with van der Waals surface area (Å²) in [5.41, 5.74) is 18.4. The quantitative estimate of drug-likeness (QED) is 0.137. The first-order valence-corrected chi connectivity index (χ1v) is 29.4. The molecule has 11 aromatic carbocycles. The second-order valence-corrected chi connectivity index (χ2v) is 22.7. The van der Waals surface area contributed by atoms with Gasteiger partial charge in [-0.3, -0.25) is 0 Å². The number of para-hydroxylation sites is 4. The fraction of sp³-hybridized carbons (Fsp3) is 0.158. The summed E-state index contributed by atoms with van der Waals surface area (Å²) in [7, 11) is 0. The zero-order valence-electron chi connectivity index (χ0n) is 45.3. The molecule has 0 spiro atoms. The molecular formula is C76H60N2O3. The molecule has 0 amide bonds. The Bertz CT molecular complexity index is 4650. The van der Waals surface area contributed by atoms with E-state index >= 15 is 0 Å². The summed E-state index contributed by atoms with van der Waals surface area (Å²) in [6, 6.07) is 83.9. The highest BCUT2D eigenvalue weighted by atomic mass is 16.3. The minimum atomic E-state index is 0.588. The Kier molecular flexibility index (Phi) is 11.6. The van der Waals surface area contributed by atoms with E-state index in [1.807, 2.05) is 0 Å². The number of furan rings is 3. The van der Waals surface area contributed by atoms with Crippen molar-refractivity contribution in [3.8, 4) is 22.3 Å². The number of hydrogen-bond acceptors (Lipinski definition) is 5. The van der Waals surface area contributed by atoms with Gasteiger partial charge in [0, 0.05) is 72.3 Å². The van der Waals surface area contributed by atoms with Gasteiger partial charge in [-0.2, -0.15) is 0 Å². The van der Waals surface area contributed by atoms with Crippen molar-refractivity contribution in [3.63, 3.8) is 0 Å². The van der Waals surface area contributed by atoms with E-state index in [2.05, 4.69) is 240 Å². The van der Waals surface area contributed by atoms with Crippen molar-refractivity contribution < 1.29 is 13.3 Å². The SMILES string of the molecule is c1ccc(-c2cccc3c2oc2c(N(c4ccc(C5CCCCC5)cc4)c4ccc5c(c4)oc4cc(N(c6ccc(C7CCCCC7)cc6)c6cccc7c6oc6c(-c8ccccc8)cccc67)c6ccccc6c45)cccc23)cc1. The van der Waals surface area contributed by atoms with Crippen molar-refractivity contribution in [2.75, 3.05) is 9.80 Å². The van der Waals surface area contributed by atoms with Crippen molar-refractivity contribution in [3.05, 3.63) is 242 Å². The van der Waals surface area contributed by atoms with E-state index in [1.165, 1.54) is 75.3 Å². The predicted octanol–water partition coefficient (Wildman–Crippen LogP) is 22.9. The van der Waals surface area contributed by atoms with Crippen LogP contribution in [0, 0.1) is 0 Å². The maximum Gasteiger partial charge on any atom is 0.159 e. The average Bonchev–Trinajstić information content (AvgIpc) is 4.42. The molecule has 2 aliphatic rings. The molecule has 3 aromatic heterocycles. The fourth-order valence-electron chi connectivity index (χ4n) is 14.1. The molecule has 0 aliphatic heterocycles. The molecule has 3 heterocycles. The van der Waals surface area contributed by atoms with E-state index in [-0.39, 0.29) is 0 Å². The van der Waals surface area contributed by atoms with Crippen molar-refractivity contribution in [1.82, 2.24) is 0 Å². The molecule has 5 nitrogen and oxygen atoms in total. The van der Waals surface area contributed by atoms with Crippen molar-refractivity contribution in [2.45, 2.75) is 76.0 Å². The highest BCUT2D eigenvalue weighted by Crippen LogP contribution is 2.51. The number of fused-ring (bicyclic) bond motifs is 11. The summed E-state index contributed by atoms with van der Waals surface area (Å²) < 4.78 is 21.6. The van der Waals surface area contributed by atoms with Crippen LogP contribution in [0.25, 0.3) is 98.8 Å². The van der Waals surface area contributed by atoms with Crippen LogP contribution in [0.2, 0.25) is 0 Å². The third kappa shape index (κ3) is 8.12. The third-order valence-electron chi connectivity index (χ3n) is 18.1. The minimum absolute atomic E-state index is 0.588. The van der Waals surface area contributed by atoms with E-state index in [4.69, 9.17) is 13.3 Å². The minimum Gasteiger partial charge on any atom is -0.456 e. The smallest absolute Gasteiger partial charge is 0.159 e. The molecule has 14 aromatic rings. The lowest BCUT2D eigenvalue weighted by molar-refractivity contribution is 0.443. The molecule has 5 heteroatoms. The first kappa shape index (κ1) is 47.7. The fourth-order valence-corrected chi connectivity index (χ4v) is 14.1. The van der Waals surface area contributed by atoms with Gasteiger partial charge in [0.2, 0.25) is 0 Å². The molecule has 2 saturated carbocycles. The molecule has 2 fully saturated rings. The summed E-state index contributed by atoms with van der Waals surface area (Å²) in [4.78, 5) is 4.78. The predicted molar refractivity (Wildman–Crippen MR) is 338 cm³/mol. The number of rotatable bonds is 10. The summed E-state index contributed by atoms with van der Waals surface area (Å²) in [5.74, 6) is 1.18. The van der Waals surface area contributed by atoms with Gasteiger partial charge in [-0.15, -0.1) is 0 Å². The maximum atomic E-state index is 7.28. The Morgan fingerprint density at radius 3 is 1.27 bits per heavy atom. The Morgan fingerprint density at radius 2 is 0.728 bits per heavy atom. The van der Waals surface area contributed by atoms with Gasteiger partial charge in [-0.1, -0.05) is 208 Å². The zero-order chi connectivity index (χ0) is 53.4. The summed E-state index contributed by atoms with van der Waals surface area (Å²) in [6.07, 6.45) is 12.8. The van der Waals surface area contributed by atoms with Gasteiger partial charge in [0.25, 0.3) is 0 Å². The normalized spacial score (nSPS) is 14.6. The second kappa shape index (κ2) is 19.8. The molecule has 0 N–H and O–H groups in total. The van der Waals surface area contributed by atoms with Crippen LogP contribution < -0.4 is 9.80 Å². The van der Waals surface area contributed by atoms with Crippen LogP contribution in [0.1, 0.15) is 87.2 Å². The molecule has 0 radical (unpaired) electrons. The molecule has 2 aliphatic carbocycles. The van der Waals surface area contributed by atoms with E-state index in [9.17, 15) is 0 Å². The van der Waals surface area contributed by atoms with Crippen molar-refractivity contribution in [1.29, 1.82) is 0 Å². The number of anilines is 6. The lowest BCUT2D eigenvalue weighted by atomic mass is 9.84. The highest BCUT2D eigenvalue weighted by molar-refractivity contribution is 6.24. The van der Waals surface area contributed by atoms with Gasteiger partial charge in [-0.05, 0) is 114 Å². The van der Waals surface area contributed by atoms with Crippen LogP contribution in [0.15, 0.2) is 244 Å². The van der Waals surface area contributed by atoms with Gasteiger partial charge in [0.1, 0.15) is 22.3 Å². The first-order chi connectivity index (χ1) is 40.2. The van der Waals surface area contributed by atoms with E-state index in [1.54, 1.807) is 0 Å². The zero-order valence-corrected chi connectivity index (χ0v) is 45.3. The Morgan fingerprint density at radius 1 is 0.284 bits per heavy atom. The van der Waals surface area contributed by atoms with Crippen LogP contribution in [-0.2, 0) is 0 Å². The van der Waals surface area contributed by atoms with Gasteiger partial charge in [-0.25, -0.2) is 0 Å². The van der Waals surface area contributed by atoms with Crippen LogP contribution in [-0.4, -0.2) is 0 Å². The van der Waals surface area contributed by atoms with E-state index in [0.29, 0.717) is 11.8 Å². The number of benzene rings is 11. The average molecular weight is 1050 g/mol. The molecule has 81 heavy (non-hydrogen) atoms. The third-order valence-corrected chi connectivity index (χ3v) is 18.1.